The summed E-state index contributed by atoms with van der Waals surface area (Å²) >= 11 is 0. The van der Waals surface area contributed by atoms with E-state index in [0.717, 1.165) is 10.0 Å². The van der Waals surface area contributed by atoms with Crippen molar-refractivity contribution < 1.29 is 23.5 Å². The van der Waals surface area contributed by atoms with Crippen LogP contribution in [-0.4, -0.2) is 46.0 Å². The van der Waals surface area contributed by atoms with Crippen LogP contribution in [0, 0.1) is 12.7 Å². The minimum absolute atomic E-state index is 0.0440. The Balaban J connectivity index is 2.35. The number of hydrogen-bond acceptors (Lipinski definition) is 4. The molecule has 0 spiro atoms. The first-order valence-electron chi connectivity index (χ1n) is 8.68. The van der Waals surface area contributed by atoms with Crippen LogP contribution in [0.1, 0.15) is 56.5 Å². The minimum atomic E-state index is -0.925. The first kappa shape index (κ1) is 19.9. The topological polar surface area (TPSA) is 66.9 Å². The number of halogens is 1. The zero-order valence-corrected chi connectivity index (χ0v) is 15.8. The third kappa shape index (κ3) is 4.03. The summed E-state index contributed by atoms with van der Waals surface area (Å²) in [4.78, 5) is 37.8. The van der Waals surface area contributed by atoms with E-state index in [2.05, 4.69) is 0 Å². The second-order valence-electron chi connectivity index (χ2n) is 7.28. The monoisotopic (exact) mass is 364 g/mol. The third-order valence-electron chi connectivity index (χ3n) is 4.12. The molecule has 0 aromatic heterocycles. The molecule has 1 fully saturated rings. The van der Waals surface area contributed by atoms with Gasteiger partial charge in [0.05, 0.1) is 5.56 Å². The summed E-state index contributed by atoms with van der Waals surface area (Å²) in [7, 11) is 0. The van der Waals surface area contributed by atoms with Crippen LogP contribution in [0.5, 0.6) is 0 Å². The molecule has 1 heterocycles. The first-order chi connectivity index (χ1) is 12.1. The fourth-order valence-electron chi connectivity index (χ4n) is 3.01. The normalized spacial score (nSPS) is 17.4. The number of rotatable bonds is 4. The Morgan fingerprint density at radius 3 is 2.54 bits per heavy atom. The molecule has 1 aliphatic rings. The van der Waals surface area contributed by atoms with Crippen molar-refractivity contribution in [2.24, 2.45) is 0 Å². The Morgan fingerprint density at radius 2 is 2.00 bits per heavy atom. The molecule has 142 valence electrons. The van der Waals surface area contributed by atoms with Crippen molar-refractivity contribution in [1.82, 2.24) is 10.0 Å². The van der Waals surface area contributed by atoms with Crippen molar-refractivity contribution in [1.29, 1.82) is 0 Å². The molecule has 2 amide bonds. The summed E-state index contributed by atoms with van der Waals surface area (Å²) in [6.07, 6.45) is -0.369. The lowest BCUT2D eigenvalue weighted by atomic mass is 9.98. The van der Waals surface area contributed by atoms with Gasteiger partial charge in [-0.3, -0.25) is 9.59 Å². The van der Waals surface area contributed by atoms with Gasteiger partial charge in [-0.15, -0.1) is 0 Å². The molecular weight excluding hydrogens is 339 g/mol. The van der Waals surface area contributed by atoms with Crippen molar-refractivity contribution in [3.63, 3.8) is 0 Å². The van der Waals surface area contributed by atoms with Gasteiger partial charge < -0.3 is 4.74 Å². The molecule has 0 bridgehead atoms. The number of carbonyl (C=O) groups excluding carboxylic acids is 3. The van der Waals surface area contributed by atoms with E-state index in [4.69, 9.17) is 4.74 Å². The maximum Gasteiger partial charge on any atom is 0.429 e. The lowest BCUT2D eigenvalue weighted by Gasteiger charge is -2.35. The molecule has 1 atom stereocenters. The van der Waals surface area contributed by atoms with E-state index < -0.39 is 29.3 Å². The maximum atomic E-state index is 14.2. The fourth-order valence-corrected chi connectivity index (χ4v) is 3.01. The largest absolute Gasteiger partial charge is 0.442 e. The van der Waals surface area contributed by atoms with Crippen molar-refractivity contribution in [2.75, 3.05) is 6.54 Å². The summed E-state index contributed by atoms with van der Waals surface area (Å²) in [5.41, 5.74) is -0.290. The van der Waals surface area contributed by atoms with Gasteiger partial charge in [0.2, 0.25) is 5.91 Å². The molecule has 0 radical (unpaired) electrons. The number of Topliss-reactive ketones (excluding diaryl/α,β-unsaturated/α-hetero) is 1. The highest BCUT2D eigenvalue weighted by molar-refractivity contribution is 6.04. The standard InChI is InChI=1S/C19H25FN2O4/c1-6-21(18(25)26-19(3,4)5)22-14(10-11-15(22)23)17(24)16-12(2)8-7-9-13(16)20/h7-9,14H,6,10-11H2,1-5H3. The van der Waals surface area contributed by atoms with Crippen LogP contribution in [0.2, 0.25) is 0 Å². The average Bonchev–Trinajstić information content (AvgIpc) is 2.88. The van der Waals surface area contributed by atoms with Crippen LogP contribution < -0.4 is 0 Å². The number of ether oxygens (including phenoxy) is 1. The number of hydrogen-bond donors (Lipinski definition) is 0. The third-order valence-corrected chi connectivity index (χ3v) is 4.12. The Kier molecular flexibility index (Phi) is 5.68. The molecule has 26 heavy (non-hydrogen) atoms. The maximum absolute atomic E-state index is 14.2. The lowest BCUT2D eigenvalue weighted by molar-refractivity contribution is -0.144. The second kappa shape index (κ2) is 7.43. The Bertz CT molecular complexity index is 706. The van der Waals surface area contributed by atoms with Crippen LogP contribution in [0.4, 0.5) is 9.18 Å². The quantitative estimate of drug-likeness (QED) is 0.767. The van der Waals surface area contributed by atoms with Crippen LogP contribution in [0.15, 0.2) is 18.2 Å². The molecule has 1 unspecified atom stereocenters. The average molecular weight is 364 g/mol. The molecule has 1 saturated heterocycles. The number of ketones is 1. The molecule has 1 aliphatic heterocycles. The number of nitrogens with zero attached hydrogens (tertiary/aromatic N) is 2. The molecular formula is C19H25FN2O4. The Labute approximate surface area is 152 Å². The van der Waals surface area contributed by atoms with Gasteiger partial charge in [0.1, 0.15) is 17.5 Å². The van der Waals surface area contributed by atoms with Gasteiger partial charge in [0.15, 0.2) is 5.78 Å². The van der Waals surface area contributed by atoms with E-state index in [1.165, 1.54) is 12.1 Å². The zero-order chi connectivity index (χ0) is 19.6. The number of amides is 2. The highest BCUT2D eigenvalue weighted by Crippen LogP contribution is 2.27. The van der Waals surface area contributed by atoms with Crippen molar-refractivity contribution in [3.8, 4) is 0 Å². The van der Waals surface area contributed by atoms with E-state index in [-0.39, 0.29) is 30.9 Å². The van der Waals surface area contributed by atoms with Gasteiger partial charge in [0, 0.05) is 13.0 Å². The van der Waals surface area contributed by atoms with E-state index >= 15 is 0 Å². The SMILES string of the molecule is CCN(C(=O)OC(C)(C)C)N1C(=O)CCC1C(=O)c1c(C)cccc1F. The second-order valence-corrected chi connectivity index (χ2v) is 7.28. The zero-order valence-electron chi connectivity index (χ0n) is 15.8. The van der Waals surface area contributed by atoms with Gasteiger partial charge >= 0.3 is 6.09 Å². The summed E-state index contributed by atoms with van der Waals surface area (Å²) in [6.45, 7) is 8.64. The van der Waals surface area contributed by atoms with Crippen LogP contribution in [0.3, 0.4) is 0 Å². The number of hydrazine groups is 1. The summed E-state index contributed by atoms with van der Waals surface area (Å²) in [5.74, 6) is -1.49. The molecule has 0 N–H and O–H groups in total. The van der Waals surface area contributed by atoms with Gasteiger partial charge in [-0.1, -0.05) is 12.1 Å². The summed E-state index contributed by atoms with van der Waals surface area (Å²) in [5, 5.41) is 2.25. The van der Waals surface area contributed by atoms with Gasteiger partial charge in [-0.25, -0.2) is 19.2 Å². The van der Waals surface area contributed by atoms with Crippen LogP contribution in [0.25, 0.3) is 0 Å². The predicted octanol–water partition coefficient (Wildman–Crippen LogP) is 3.48. The molecule has 1 aromatic rings. The van der Waals surface area contributed by atoms with E-state index in [1.807, 2.05) is 0 Å². The van der Waals surface area contributed by atoms with Gasteiger partial charge in [-0.2, -0.15) is 0 Å². The van der Waals surface area contributed by atoms with Crippen LogP contribution >= 0.6 is 0 Å². The first-order valence-corrected chi connectivity index (χ1v) is 8.68. The molecule has 2 rings (SSSR count). The Hall–Kier alpha value is -2.44. The van der Waals surface area contributed by atoms with Crippen molar-refractivity contribution >= 4 is 17.8 Å². The molecule has 1 aromatic carbocycles. The van der Waals surface area contributed by atoms with E-state index in [0.29, 0.717) is 5.56 Å². The van der Waals surface area contributed by atoms with Gasteiger partial charge in [-0.05, 0) is 52.7 Å². The van der Waals surface area contributed by atoms with E-state index in [1.54, 1.807) is 40.7 Å². The van der Waals surface area contributed by atoms with Crippen LogP contribution in [-0.2, 0) is 9.53 Å². The number of benzene rings is 1. The smallest absolute Gasteiger partial charge is 0.429 e. The fraction of sp³-hybridized carbons (Fsp3) is 0.526. The predicted molar refractivity (Wildman–Crippen MR) is 93.9 cm³/mol. The molecule has 0 saturated carbocycles. The highest BCUT2D eigenvalue weighted by atomic mass is 19.1. The molecule has 0 aliphatic carbocycles. The molecule has 6 nitrogen and oxygen atoms in total. The Morgan fingerprint density at radius 1 is 1.35 bits per heavy atom. The number of aryl methyl sites for hydroxylation is 1. The molecule has 7 heteroatoms. The summed E-state index contributed by atoms with van der Waals surface area (Å²) in [6, 6.07) is 3.46. The minimum Gasteiger partial charge on any atom is -0.442 e. The van der Waals surface area contributed by atoms with Crippen molar-refractivity contribution in [2.45, 2.75) is 59.1 Å². The highest BCUT2D eigenvalue weighted by Gasteiger charge is 2.43. The summed E-state index contributed by atoms with van der Waals surface area (Å²) < 4.78 is 19.6. The van der Waals surface area contributed by atoms with Gasteiger partial charge in [0.25, 0.3) is 0 Å². The van der Waals surface area contributed by atoms with E-state index in [9.17, 15) is 18.8 Å². The van der Waals surface area contributed by atoms with Crippen molar-refractivity contribution in [3.05, 3.63) is 35.1 Å². The lowest BCUT2D eigenvalue weighted by Crippen LogP contribution is -2.54. The number of carbonyl (C=O) groups is 3.